The highest BCUT2D eigenvalue weighted by Gasteiger charge is 2.49. The molecule has 0 heterocycles. The molecule has 41 heavy (non-hydrogen) atoms. The van der Waals surface area contributed by atoms with Crippen LogP contribution in [0.5, 0.6) is 0 Å². The Kier molecular flexibility index (Phi) is 17.1. The van der Waals surface area contributed by atoms with Crippen LogP contribution in [0.4, 0.5) is 0 Å². The summed E-state index contributed by atoms with van der Waals surface area (Å²) >= 11 is 0. The predicted molar refractivity (Wildman–Crippen MR) is 175 cm³/mol. The second-order valence-corrected chi connectivity index (χ2v) is 15.0. The Hall–Kier alpha value is -1.36. The molecule has 0 N–H and O–H groups in total. The van der Waals surface area contributed by atoms with Crippen LogP contribution in [0.25, 0.3) is 0 Å². The smallest absolute Gasteiger partial charge is 0.312 e. The van der Waals surface area contributed by atoms with Gasteiger partial charge in [0.2, 0.25) is 0 Å². The fourth-order valence-corrected chi connectivity index (χ4v) is 6.67. The summed E-state index contributed by atoms with van der Waals surface area (Å²) < 4.78 is 12.1. The fraction of sp³-hybridized carbons (Fsp3) is 0.889. The summed E-state index contributed by atoms with van der Waals surface area (Å²) in [5, 5.41) is 0. The third-order valence-electron chi connectivity index (χ3n) is 9.20. The number of carbonyl (C=O) groups excluding carboxylic acids is 2. The van der Waals surface area contributed by atoms with E-state index >= 15 is 0 Å². The van der Waals surface area contributed by atoms with Gasteiger partial charge in [-0.05, 0) is 102 Å². The monoisotopic (exact) mass is 580 g/mol. The molecule has 0 bridgehead atoms. The van der Waals surface area contributed by atoms with E-state index in [9.17, 15) is 9.59 Å². The Morgan fingerprint density at radius 3 is 1.78 bits per heavy atom. The second-order valence-electron chi connectivity index (χ2n) is 15.0. The van der Waals surface area contributed by atoms with Gasteiger partial charge in [-0.3, -0.25) is 9.59 Å². The Bertz CT molecular complexity index is 793. The summed E-state index contributed by atoms with van der Waals surface area (Å²) in [5.74, 6) is 0.555. The number of esters is 2. The standard InChI is InChI=1S/C36H69NO4/c1-15-29(26-34(10,11)23-22-33(8,9)25-28(6)7)31(41-30(38)21-20-24-37(13)14)35(12,16-2)27-36(17-3,18-4)32(39)40-19-5/h22-23,28-29,31H,15-21,24-27H2,1-14H3. The van der Waals surface area contributed by atoms with E-state index in [4.69, 9.17) is 9.47 Å². The van der Waals surface area contributed by atoms with Crippen LogP contribution < -0.4 is 0 Å². The zero-order chi connectivity index (χ0) is 32.1. The van der Waals surface area contributed by atoms with Crippen molar-refractivity contribution in [2.24, 2.45) is 33.5 Å². The van der Waals surface area contributed by atoms with Gasteiger partial charge in [-0.1, -0.05) is 88.3 Å². The van der Waals surface area contributed by atoms with Crippen molar-refractivity contribution in [2.75, 3.05) is 27.2 Å². The van der Waals surface area contributed by atoms with Crippen LogP contribution >= 0.6 is 0 Å². The average Bonchev–Trinajstić information content (AvgIpc) is 2.87. The van der Waals surface area contributed by atoms with Crippen molar-refractivity contribution in [2.45, 2.75) is 147 Å². The summed E-state index contributed by atoms with van der Waals surface area (Å²) in [4.78, 5) is 28.8. The molecule has 0 rings (SSSR count). The largest absolute Gasteiger partial charge is 0.466 e. The lowest BCUT2D eigenvalue weighted by Crippen LogP contribution is -2.47. The van der Waals surface area contributed by atoms with Crippen molar-refractivity contribution in [1.29, 1.82) is 0 Å². The molecule has 0 aliphatic rings. The number of ether oxygens (including phenoxy) is 2. The van der Waals surface area contributed by atoms with E-state index in [1.165, 1.54) is 0 Å². The third kappa shape index (κ3) is 13.7. The maximum absolute atomic E-state index is 13.4. The molecule has 0 aliphatic heterocycles. The second kappa shape index (κ2) is 17.7. The molecule has 5 heteroatoms. The molecule has 0 aromatic carbocycles. The molecular weight excluding hydrogens is 510 g/mol. The van der Waals surface area contributed by atoms with E-state index in [2.05, 4.69) is 93.2 Å². The van der Waals surface area contributed by atoms with E-state index in [1.807, 2.05) is 21.0 Å². The quantitative estimate of drug-likeness (QED) is 0.100. The Balaban J connectivity index is 6.50. The third-order valence-corrected chi connectivity index (χ3v) is 9.20. The van der Waals surface area contributed by atoms with E-state index < -0.39 is 5.41 Å². The molecule has 0 aliphatic carbocycles. The minimum atomic E-state index is -0.592. The van der Waals surface area contributed by atoms with E-state index in [1.54, 1.807) is 0 Å². The van der Waals surface area contributed by atoms with Gasteiger partial charge in [-0.25, -0.2) is 0 Å². The Labute approximate surface area is 255 Å². The number of hydrogen-bond donors (Lipinski definition) is 0. The summed E-state index contributed by atoms with van der Waals surface area (Å²) in [7, 11) is 4.05. The molecule has 0 saturated carbocycles. The van der Waals surface area contributed by atoms with Crippen molar-refractivity contribution in [3.8, 4) is 0 Å². The highest BCUT2D eigenvalue weighted by Crippen LogP contribution is 2.49. The first-order valence-corrected chi connectivity index (χ1v) is 16.6. The van der Waals surface area contributed by atoms with Crippen LogP contribution in [-0.2, 0) is 19.1 Å². The average molecular weight is 580 g/mol. The summed E-state index contributed by atoms with van der Waals surface area (Å²) in [6.45, 7) is 27.7. The highest BCUT2D eigenvalue weighted by atomic mass is 16.5. The maximum atomic E-state index is 13.4. The van der Waals surface area contributed by atoms with E-state index in [-0.39, 0.29) is 40.2 Å². The van der Waals surface area contributed by atoms with Crippen molar-refractivity contribution < 1.29 is 19.1 Å². The first-order chi connectivity index (χ1) is 18.9. The number of nitrogens with zero attached hydrogens (tertiary/aromatic N) is 1. The SMILES string of the molecule is CCOC(=O)C(CC)(CC)CC(C)(CC)C(OC(=O)CCCN(C)C)C(CC)CC(C)(C)C=CC(C)(C)CC(C)C. The van der Waals surface area contributed by atoms with Crippen LogP contribution in [-0.4, -0.2) is 50.2 Å². The minimum Gasteiger partial charge on any atom is -0.466 e. The molecule has 3 unspecified atom stereocenters. The zero-order valence-electron chi connectivity index (χ0n) is 29.7. The van der Waals surface area contributed by atoms with Crippen molar-refractivity contribution in [1.82, 2.24) is 4.90 Å². The van der Waals surface area contributed by atoms with E-state index in [0.717, 1.165) is 38.6 Å². The summed E-state index contributed by atoms with van der Waals surface area (Å²) in [6.07, 6.45) is 11.5. The maximum Gasteiger partial charge on any atom is 0.312 e. The van der Waals surface area contributed by atoms with Crippen molar-refractivity contribution in [3.63, 3.8) is 0 Å². The van der Waals surface area contributed by atoms with Crippen LogP contribution in [0.3, 0.4) is 0 Å². The Morgan fingerprint density at radius 1 is 0.829 bits per heavy atom. The molecule has 0 fully saturated rings. The van der Waals surface area contributed by atoms with Gasteiger partial charge in [-0.2, -0.15) is 0 Å². The fourth-order valence-electron chi connectivity index (χ4n) is 6.67. The predicted octanol–water partition coefficient (Wildman–Crippen LogP) is 9.49. The lowest BCUT2D eigenvalue weighted by Gasteiger charge is -2.46. The zero-order valence-corrected chi connectivity index (χ0v) is 29.7. The Morgan fingerprint density at radius 2 is 1.37 bits per heavy atom. The first kappa shape index (κ1) is 39.6. The molecule has 0 spiro atoms. The first-order valence-electron chi connectivity index (χ1n) is 16.6. The van der Waals surface area contributed by atoms with E-state index in [0.29, 0.717) is 38.2 Å². The molecule has 242 valence electrons. The van der Waals surface area contributed by atoms with Crippen molar-refractivity contribution in [3.05, 3.63) is 12.2 Å². The number of allylic oxidation sites excluding steroid dienone is 2. The van der Waals surface area contributed by atoms with Gasteiger partial charge in [0, 0.05) is 11.8 Å². The van der Waals surface area contributed by atoms with Gasteiger partial charge in [0.05, 0.1) is 12.0 Å². The topological polar surface area (TPSA) is 55.8 Å². The molecule has 0 aromatic rings. The lowest BCUT2D eigenvalue weighted by molar-refractivity contribution is -0.170. The molecule has 5 nitrogen and oxygen atoms in total. The summed E-state index contributed by atoms with van der Waals surface area (Å²) in [5.41, 5.74) is -0.893. The van der Waals surface area contributed by atoms with Crippen LogP contribution in [0.15, 0.2) is 12.2 Å². The van der Waals surface area contributed by atoms with Crippen LogP contribution in [0.2, 0.25) is 0 Å². The molecule has 0 saturated heterocycles. The lowest BCUT2D eigenvalue weighted by atomic mass is 9.62. The molecule has 0 amide bonds. The molecule has 0 aromatic heterocycles. The van der Waals surface area contributed by atoms with Gasteiger partial charge in [-0.15, -0.1) is 0 Å². The number of hydrogen-bond acceptors (Lipinski definition) is 5. The van der Waals surface area contributed by atoms with Crippen molar-refractivity contribution >= 4 is 11.9 Å². The molecule has 0 radical (unpaired) electrons. The number of rotatable bonds is 21. The minimum absolute atomic E-state index is 0.0626. The van der Waals surface area contributed by atoms with Crippen LogP contribution in [0, 0.1) is 33.5 Å². The van der Waals surface area contributed by atoms with Gasteiger partial charge < -0.3 is 14.4 Å². The molecule has 3 atom stereocenters. The molecular formula is C36H69NO4. The van der Waals surface area contributed by atoms with Crippen LogP contribution in [0.1, 0.15) is 141 Å². The van der Waals surface area contributed by atoms with Gasteiger partial charge >= 0.3 is 11.9 Å². The van der Waals surface area contributed by atoms with Gasteiger partial charge in [0.1, 0.15) is 6.10 Å². The van der Waals surface area contributed by atoms with Gasteiger partial charge in [0.15, 0.2) is 0 Å². The summed E-state index contributed by atoms with van der Waals surface area (Å²) in [6, 6.07) is 0. The normalized spacial score (nSPS) is 16.2. The van der Waals surface area contributed by atoms with Gasteiger partial charge in [0.25, 0.3) is 0 Å². The highest BCUT2D eigenvalue weighted by molar-refractivity contribution is 5.77. The number of carbonyl (C=O) groups is 2.